The quantitative estimate of drug-likeness (QED) is 0.0822. The average molecular weight is 998 g/mol. The fourth-order valence-electron chi connectivity index (χ4n) is 11.1. The molecule has 0 spiro atoms. The lowest BCUT2D eigenvalue weighted by Crippen LogP contribution is -2.73. The number of para-hydroxylation sites is 1. The van der Waals surface area contributed by atoms with Gasteiger partial charge in [0.25, 0.3) is 0 Å². The van der Waals surface area contributed by atoms with Crippen molar-refractivity contribution in [3.8, 4) is 0 Å². The first-order chi connectivity index (χ1) is 32.5. The number of carbonyl (C=O) groups is 2. The summed E-state index contributed by atoms with van der Waals surface area (Å²) in [6, 6.07) is 21.4. The van der Waals surface area contributed by atoms with Gasteiger partial charge in [0.1, 0.15) is 46.3 Å². The predicted molar refractivity (Wildman–Crippen MR) is 278 cm³/mol. The second-order valence-corrected chi connectivity index (χ2v) is 24.9. The highest BCUT2D eigenvalue weighted by Gasteiger charge is 2.47. The average Bonchev–Trinajstić information content (AvgIpc) is 3.90. The number of anilines is 2. The molecule has 3 aromatic carbocycles. The standard InChI is InChI=1S/C53H69N7O7S2.CH4/c1-52(2)44-12-8-9-13-47(44)58(25-11-33-68(63,64)65)49(52)36-41-16-15-40(34-41)35-48-53(3,4)45-37-43(21-22-46(45)57(48)6)69(66,67)56(5)24-10-14-50(61)54-38-51(62)55-42-19-17-39(18-20-42)23-26-60-30-27-59(7,28-31-60)29-32-60;/h8-9,12-13,17-22,34-37H,10-11,14-16,23-33,38H2,1-7H3;1H4/p+2. The van der Waals surface area contributed by atoms with Crippen LogP contribution in [0.25, 0.3) is 0 Å². The van der Waals surface area contributed by atoms with Crippen LogP contribution < -0.4 is 15.5 Å². The molecular weight excluding hydrogens is 923 g/mol. The van der Waals surface area contributed by atoms with E-state index in [1.54, 1.807) is 12.1 Å². The van der Waals surface area contributed by atoms with Gasteiger partial charge >= 0.3 is 0 Å². The van der Waals surface area contributed by atoms with Crippen LogP contribution in [0.4, 0.5) is 17.1 Å². The second-order valence-electron chi connectivity index (χ2n) is 21.4. The third-order valence-electron chi connectivity index (χ3n) is 15.8. The molecule has 5 aliphatic heterocycles. The monoisotopic (exact) mass is 998 g/mol. The molecule has 16 heteroatoms. The molecule has 0 saturated carbocycles. The lowest BCUT2D eigenvalue weighted by molar-refractivity contribution is -1.07. The van der Waals surface area contributed by atoms with Gasteiger partial charge in [0.05, 0.1) is 40.6 Å². The molecule has 1 aliphatic carbocycles. The van der Waals surface area contributed by atoms with Crippen molar-refractivity contribution in [2.45, 2.75) is 89.4 Å². The number of hydrogen-bond donors (Lipinski definition) is 2. The summed E-state index contributed by atoms with van der Waals surface area (Å²) in [7, 11) is -2.30. The van der Waals surface area contributed by atoms with Crippen molar-refractivity contribution in [3.05, 3.63) is 118 Å². The number of amides is 2. The topological polar surface area (TPSA) is 159 Å². The van der Waals surface area contributed by atoms with Crippen LogP contribution in [0.2, 0.25) is 0 Å². The summed E-state index contributed by atoms with van der Waals surface area (Å²) in [5.41, 5.74) is 9.54. The molecule has 2 amide bonds. The molecule has 6 aliphatic rings. The molecule has 14 nitrogen and oxygen atoms in total. The van der Waals surface area contributed by atoms with Crippen molar-refractivity contribution in [1.82, 2.24) is 9.62 Å². The van der Waals surface area contributed by atoms with Crippen molar-refractivity contribution in [2.24, 2.45) is 0 Å². The first-order valence-corrected chi connectivity index (χ1v) is 27.5. The minimum Gasteiger partial charge on any atom is -0.748 e. The van der Waals surface area contributed by atoms with Crippen molar-refractivity contribution in [3.63, 3.8) is 0 Å². The number of fused-ring (bicyclic) bond motifs is 5. The summed E-state index contributed by atoms with van der Waals surface area (Å²) < 4.78 is 68.1. The number of nitrogens with one attached hydrogen (secondary N) is 2. The first-order valence-electron chi connectivity index (χ1n) is 24.5. The Morgan fingerprint density at radius 3 is 2.23 bits per heavy atom. The molecule has 5 heterocycles. The van der Waals surface area contributed by atoms with Crippen LogP contribution in [0.3, 0.4) is 0 Å². The number of nitrogens with zero attached hydrogens (tertiary/aromatic N) is 5. The van der Waals surface area contributed by atoms with Crippen molar-refractivity contribution < 1.29 is 44.5 Å². The zero-order valence-corrected chi connectivity index (χ0v) is 43.1. The van der Waals surface area contributed by atoms with Gasteiger partial charge in [-0.15, -0.1) is 0 Å². The van der Waals surface area contributed by atoms with Gasteiger partial charge in [0, 0.05) is 78.9 Å². The van der Waals surface area contributed by atoms with E-state index in [0.29, 0.717) is 12.2 Å². The van der Waals surface area contributed by atoms with E-state index >= 15 is 0 Å². The minimum atomic E-state index is -4.33. The fraction of sp³-hybridized carbons (Fsp3) is 0.500. The molecule has 70 heavy (non-hydrogen) atoms. The number of carbonyl (C=O) groups excluding carboxylic acids is 2. The van der Waals surface area contributed by atoms with Crippen molar-refractivity contribution in [1.29, 1.82) is 0 Å². The van der Waals surface area contributed by atoms with Gasteiger partial charge in [0.2, 0.25) is 27.5 Å². The molecule has 0 radical (unpaired) electrons. The highest BCUT2D eigenvalue weighted by molar-refractivity contribution is 7.89. The third-order valence-corrected chi connectivity index (χ3v) is 18.4. The summed E-state index contributed by atoms with van der Waals surface area (Å²) in [5.74, 6) is -1.06. The summed E-state index contributed by atoms with van der Waals surface area (Å²) >= 11 is 0. The number of hydrogen-bond acceptors (Lipinski definition) is 8. The van der Waals surface area contributed by atoms with Crippen LogP contribution in [-0.2, 0) is 47.0 Å². The van der Waals surface area contributed by atoms with Gasteiger partial charge in [0.15, 0.2) is 5.71 Å². The molecule has 3 saturated heterocycles. The Bertz CT molecular complexity index is 2840. The summed E-state index contributed by atoms with van der Waals surface area (Å²) in [4.78, 5) is 27.8. The normalized spacial score (nSPS) is 23.4. The molecule has 9 rings (SSSR count). The summed E-state index contributed by atoms with van der Waals surface area (Å²) in [6.07, 6.45) is 9.90. The van der Waals surface area contributed by atoms with E-state index in [9.17, 15) is 31.0 Å². The van der Waals surface area contributed by atoms with E-state index in [-0.39, 0.29) is 61.9 Å². The van der Waals surface area contributed by atoms with Crippen molar-refractivity contribution in [2.75, 3.05) is 103 Å². The van der Waals surface area contributed by atoms with Crippen LogP contribution in [-0.4, -0.2) is 149 Å². The van der Waals surface area contributed by atoms with Gasteiger partial charge in [-0.3, -0.25) is 9.59 Å². The summed E-state index contributed by atoms with van der Waals surface area (Å²) in [5, 5.41) is 5.54. The Morgan fingerprint density at radius 2 is 1.54 bits per heavy atom. The first kappa shape index (κ1) is 52.8. The van der Waals surface area contributed by atoms with Crippen LogP contribution in [0, 0.1) is 0 Å². The number of rotatable bonds is 18. The van der Waals surface area contributed by atoms with Crippen LogP contribution in [0.5, 0.6) is 0 Å². The second kappa shape index (κ2) is 20.3. The smallest absolute Gasteiger partial charge is 0.243 e. The Kier molecular flexibility index (Phi) is 15.3. The minimum absolute atomic E-state index is 0. The number of quaternary nitrogens is 2. The SMILES string of the molecule is C.CN(CCCC(=O)NCC(=O)Nc1ccc(CC[N+]23CC[N+](C)(CC2)CC3)cc1)S(=O)(=O)c1ccc2c(c1)C(C)(C)C(C=C1C=C(C=C3N(CCCS(=O)(=O)[O-])c4ccccc4C3(C)C)CC1)=[N+]2C. The molecular formula is C54H75N7O7S2+2. The summed E-state index contributed by atoms with van der Waals surface area (Å²) in [6.45, 7) is 17.6. The lowest BCUT2D eigenvalue weighted by atomic mass is 9.81. The molecule has 378 valence electrons. The largest absolute Gasteiger partial charge is 0.748 e. The molecule has 3 aromatic rings. The highest BCUT2D eigenvalue weighted by atomic mass is 32.2. The zero-order chi connectivity index (χ0) is 49.6. The fourth-order valence-corrected chi connectivity index (χ4v) is 12.9. The number of benzene rings is 3. The number of allylic oxidation sites excluding steroid dienone is 6. The van der Waals surface area contributed by atoms with Gasteiger partial charge in [-0.25, -0.2) is 21.1 Å². The van der Waals surface area contributed by atoms with Gasteiger partial charge in [-0.05, 0) is 98.2 Å². The van der Waals surface area contributed by atoms with Crippen LogP contribution in [0.1, 0.15) is 83.9 Å². The molecule has 2 N–H and O–H groups in total. The molecule has 0 aromatic heterocycles. The number of likely N-dealkylation sites (N-methyl/N-ethyl adjacent to an activating group) is 1. The number of piperazine rings is 3. The Labute approximate surface area is 417 Å². The van der Waals surface area contributed by atoms with E-state index < -0.39 is 31.3 Å². The number of sulfonamides is 1. The van der Waals surface area contributed by atoms with Crippen molar-refractivity contribution >= 4 is 54.7 Å². The maximum absolute atomic E-state index is 13.9. The van der Waals surface area contributed by atoms with Gasteiger partial charge in [-0.1, -0.05) is 57.7 Å². The third kappa shape index (κ3) is 11.2. The Morgan fingerprint density at radius 1 is 0.857 bits per heavy atom. The highest BCUT2D eigenvalue weighted by Crippen LogP contribution is 2.49. The van der Waals surface area contributed by atoms with E-state index in [1.807, 2.05) is 43.4 Å². The molecule has 0 atom stereocenters. The van der Waals surface area contributed by atoms with E-state index in [4.69, 9.17) is 0 Å². The Balaban J connectivity index is 0.00000722. The van der Waals surface area contributed by atoms with E-state index in [0.717, 1.165) is 70.9 Å². The van der Waals surface area contributed by atoms with Crippen LogP contribution >= 0.6 is 0 Å². The van der Waals surface area contributed by atoms with Gasteiger partial charge in [-0.2, -0.15) is 4.58 Å². The van der Waals surface area contributed by atoms with E-state index in [2.05, 4.69) is 91.3 Å². The van der Waals surface area contributed by atoms with Gasteiger partial charge < -0.3 is 29.1 Å². The predicted octanol–water partition coefficient (Wildman–Crippen LogP) is 6.58. The maximum Gasteiger partial charge on any atom is 0.243 e. The Hall–Kier alpha value is -4.97. The molecule has 0 unspecified atom stereocenters. The zero-order valence-electron chi connectivity index (χ0n) is 41.5. The van der Waals surface area contributed by atoms with Crippen LogP contribution in [0.15, 0.2) is 107 Å². The molecule has 2 bridgehead atoms. The maximum atomic E-state index is 13.9. The van der Waals surface area contributed by atoms with E-state index in [1.165, 1.54) is 65.2 Å². The molecule has 3 fully saturated rings. The lowest BCUT2D eigenvalue weighted by Gasteiger charge is -2.54.